The Morgan fingerprint density at radius 3 is 1.69 bits per heavy atom. The first-order chi connectivity index (χ1) is 17.1. The average Bonchev–Trinajstić information content (AvgIpc) is 3.75. The third-order valence-corrected chi connectivity index (χ3v) is 7.41. The highest BCUT2D eigenvalue weighted by atomic mass is 32.2. The lowest BCUT2D eigenvalue weighted by Crippen LogP contribution is -2.27. The molecule has 0 aliphatic heterocycles. The minimum atomic E-state index is 0.0410. The molecule has 0 unspecified atom stereocenters. The SMILES string of the molecule is O=C(CSc1nc2ccc(Oc3ccc4nc(SCC(=O)NC5CC5)[nH]c4c3)cc2[nH]1)NC1CC1. The summed E-state index contributed by atoms with van der Waals surface area (Å²) in [6.07, 6.45) is 4.32. The van der Waals surface area contributed by atoms with E-state index in [-0.39, 0.29) is 11.8 Å². The lowest BCUT2D eigenvalue weighted by Gasteiger charge is -2.05. The van der Waals surface area contributed by atoms with Gasteiger partial charge in [-0.25, -0.2) is 9.97 Å². The van der Waals surface area contributed by atoms with Gasteiger partial charge in [-0.05, 0) is 49.9 Å². The number of benzene rings is 2. The predicted molar refractivity (Wildman–Crippen MR) is 136 cm³/mol. The second-order valence-electron chi connectivity index (χ2n) is 8.80. The molecule has 2 aliphatic carbocycles. The fourth-order valence-electron chi connectivity index (χ4n) is 3.59. The average molecular weight is 509 g/mol. The van der Waals surface area contributed by atoms with Crippen molar-refractivity contribution in [3.05, 3.63) is 36.4 Å². The number of aromatic amines is 2. The van der Waals surface area contributed by atoms with E-state index in [4.69, 9.17) is 4.74 Å². The van der Waals surface area contributed by atoms with Crippen molar-refractivity contribution < 1.29 is 14.3 Å². The molecule has 35 heavy (non-hydrogen) atoms. The van der Waals surface area contributed by atoms with Crippen LogP contribution in [0.5, 0.6) is 11.5 Å². The van der Waals surface area contributed by atoms with Crippen molar-refractivity contribution in [1.82, 2.24) is 30.6 Å². The standard InChI is InChI=1S/C24H24N6O3S2/c31-21(25-13-1-2-13)11-34-23-27-17-7-5-15(9-19(17)29-23)33-16-6-8-18-20(10-16)30-24(28-18)35-12-22(32)26-14-3-4-14/h5-10,13-14H,1-4,11-12H2,(H,25,31)(H,26,32)(H,27,29)(H,28,30). The number of imidazole rings is 2. The molecule has 0 atom stereocenters. The lowest BCUT2D eigenvalue weighted by atomic mass is 10.3. The number of hydrogen-bond donors (Lipinski definition) is 4. The van der Waals surface area contributed by atoms with Crippen LogP contribution in [-0.2, 0) is 9.59 Å². The number of amides is 2. The number of nitrogens with zero attached hydrogens (tertiary/aromatic N) is 2. The largest absolute Gasteiger partial charge is 0.457 e. The molecule has 0 spiro atoms. The minimum Gasteiger partial charge on any atom is -0.457 e. The van der Waals surface area contributed by atoms with Crippen molar-refractivity contribution >= 4 is 57.4 Å². The summed E-state index contributed by atoms with van der Waals surface area (Å²) in [5.74, 6) is 2.12. The summed E-state index contributed by atoms with van der Waals surface area (Å²) in [5.41, 5.74) is 3.33. The van der Waals surface area contributed by atoms with E-state index in [9.17, 15) is 9.59 Å². The van der Waals surface area contributed by atoms with Crippen LogP contribution in [0.3, 0.4) is 0 Å². The van der Waals surface area contributed by atoms with Crippen molar-refractivity contribution in [2.75, 3.05) is 11.5 Å². The molecule has 2 aromatic carbocycles. The monoisotopic (exact) mass is 508 g/mol. The topological polar surface area (TPSA) is 125 Å². The van der Waals surface area contributed by atoms with Gasteiger partial charge in [0.05, 0.1) is 33.6 Å². The van der Waals surface area contributed by atoms with E-state index in [1.54, 1.807) is 0 Å². The number of carbonyl (C=O) groups is 2. The zero-order valence-electron chi connectivity index (χ0n) is 18.8. The lowest BCUT2D eigenvalue weighted by molar-refractivity contribution is -0.119. The van der Waals surface area contributed by atoms with Gasteiger partial charge in [-0.3, -0.25) is 9.59 Å². The number of ether oxygens (including phenoxy) is 1. The van der Waals surface area contributed by atoms with E-state index < -0.39 is 0 Å². The molecular formula is C24H24N6O3S2. The molecule has 2 fully saturated rings. The van der Waals surface area contributed by atoms with E-state index in [0.29, 0.717) is 45.4 Å². The summed E-state index contributed by atoms with van der Waals surface area (Å²) in [5, 5.41) is 7.38. The quantitative estimate of drug-likeness (QED) is 0.239. The van der Waals surface area contributed by atoms with Crippen molar-refractivity contribution in [1.29, 1.82) is 0 Å². The van der Waals surface area contributed by atoms with E-state index in [1.807, 2.05) is 36.4 Å². The molecule has 2 aromatic heterocycles. The number of hydrogen-bond acceptors (Lipinski definition) is 7. The van der Waals surface area contributed by atoms with E-state index in [1.165, 1.54) is 23.5 Å². The van der Waals surface area contributed by atoms with Gasteiger partial charge in [-0.15, -0.1) is 0 Å². The zero-order valence-corrected chi connectivity index (χ0v) is 20.4. The van der Waals surface area contributed by atoms with Crippen LogP contribution in [0.25, 0.3) is 22.1 Å². The molecule has 0 radical (unpaired) electrons. The van der Waals surface area contributed by atoms with Gasteiger partial charge in [0.2, 0.25) is 11.8 Å². The van der Waals surface area contributed by atoms with Gasteiger partial charge < -0.3 is 25.3 Å². The van der Waals surface area contributed by atoms with Crippen LogP contribution in [0.1, 0.15) is 25.7 Å². The maximum Gasteiger partial charge on any atom is 0.230 e. The molecule has 4 N–H and O–H groups in total. The predicted octanol–water partition coefficient (Wildman–Crippen LogP) is 3.97. The summed E-state index contributed by atoms with van der Waals surface area (Å²) in [4.78, 5) is 39.5. The number of fused-ring (bicyclic) bond motifs is 2. The smallest absolute Gasteiger partial charge is 0.230 e. The van der Waals surface area contributed by atoms with Crippen LogP contribution in [-0.4, -0.2) is 55.3 Å². The second-order valence-corrected chi connectivity index (χ2v) is 10.7. The van der Waals surface area contributed by atoms with Gasteiger partial charge >= 0.3 is 0 Å². The molecule has 11 heteroatoms. The summed E-state index contributed by atoms with van der Waals surface area (Å²) in [6.45, 7) is 0. The van der Waals surface area contributed by atoms with Gasteiger partial charge in [0.25, 0.3) is 0 Å². The number of aromatic nitrogens is 4. The fourth-order valence-corrected chi connectivity index (χ4v) is 4.98. The van der Waals surface area contributed by atoms with Crippen LogP contribution in [0.2, 0.25) is 0 Å². The van der Waals surface area contributed by atoms with Crippen LogP contribution in [0.15, 0.2) is 46.7 Å². The van der Waals surface area contributed by atoms with Crippen molar-refractivity contribution in [2.24, 2.45) is 0 Å². The second kappa shape index (κ2) is 9.46. The number of H-pyrrole nitrogens is 2. The first-order valence-corrected chi connectivity index (χ1v) is 13.6. The van der Waals surface area contributed by atoms with E-state index in [2.05, 4.69) is 30.6 Å². The molecule has 0 bridgehead atoms. The molecule has 6 rings (SSSR count). The number of nitrogens with one attached hydrogen (secondary N) is 4. The highest BCUT2D eigenvalue weighted by molar-refractivity contribution is 8.00. The molecule has 2 amide bonds. The summed E-state index contributed by atoms with van der Waals surface area (Å²) in [7, 11) is 0. The molecule has 9 nitrogen and oxygen atoms in total. The fraction of sp³-hybridized carbons (Fsp3) is 0.333. The molecule has 180 valence electrons. The van der Waals surface area contributed by atoms with Crippen LogP contribution in [0.4, 0.5) is 0 Å². The maximum atomic E-state index is 11.9. The van der Waals surface area contributed by atoms with Crippen molar-refractivity contribution in [2.45, 2.75) is 48.1 Å². The Balaban J connectivity index is 1.09. The normalized spacial score (nSPS) is 15.4. The highest BCUT2D eigenvalue weighted by Crippen LogP contribution is 2.29. The van der Waals surface area contributed by atoms with E-state index >= 15 is 0 Å². The van der Waals surface area contributed by atoms with E-state index in [0.717, 1.165) is 47.8 Å². The third-order valence-electron chi connectivity index (χ3n) is 5.66. The van der Waals surface area contributed by atoms with Gasteiger partial charge in [-0.1, -0.05) is 23.5 Å². The van der Waals surface area contributed by atoms with Crippen molar-refractivity contribution in [3.8, 4) is 11.5 Å². The summed E-state index contributed by atoms with van der Waals surface area (Å²) >= 11 is 2.78. The number of rotatable bonds is 10. The zero-order chi connectivity index (χ0) is 23.8. The van der Waals surface area contributed by atoms with Crippen molar-refractivity contribution in [3.63, 3.8) is 0 Å². The molecule has 2 saturated carbocycles. The Morgan fingerprint density at radius 1 is 0.800 bits per heavy atom. The first-order valence-electron chi connectivity index (χ1n) is 11.6. The first kappa shape index (κ1) is 22.3. The minimum absolute atomic E-state index is 0.0410. The van der Waals surface area contributed by atoms with Crippen LogP contribution in [0, 0.1) is 0 Å². The highest BCUT2D eigenvalue weighted by Gasteiger charge is 2.24. The number of carbonyl (C=O) groups excluding carboxylic acids is 2. The van der Waals surface area contributed by atoms with Crippen LogP contribution < -0.4 is 15.4 Å². The Kier molecular flexibility index (Phi) is 6.03. The molecule has 4 aromatic rings. The van der Waals surface area contributed by atoms with Gasteiger partial charge in [0.15, 0.2) is 10.3 Å². The van der Waals surface area contributed by atoms with Gasteiger partial charge in [0.1, 0.15) is 11.5 Å². The third kappa shape index (κ3) is 5.73. The number of thioether (sulfide) groups is 2. The Hall–Kier alpha value is -3.18. The Bertz CT molecular complexity index is 1300. The molecule has 2 aliphatic rings. The molecule has 2 heterocycles. The van der Waals surface area contributed by atoms with Gasteiger partial charge in [-0.2, -0.15) is 0 Å². The van der Waals surface area contributed by atoms with Gasteiger partial charge in [0, 0.05) is 24.2 Å². The summed E-state index contributed by atoms with van der Waals surface area (Å²) in [6, 6.07) is 12.0. The van der Waals surface area contributed by atoms with Crippen LogP contribution >= 0.6 is 23.5 Å². The summed E-state index contributed by atoms with van der Waals surface area (Å²) < 4.78 is 6.07. The molecular weight excluding hydrogens is 484 g/mol. The Labute approximate surface area is 209 Å². The Morgan fingerprint density at radius 2 is 1.26 bits per heavy atom. The maximum absolute atomic E-state index is 11.9. The molecule has 0 saturated heterocycles.